The predicted octanol–water partition coefficient (Wildman–Crippen LogP) is -2.70. The van der Waals surface area contributed by atoms with Gasteiger partial charge in [0.15, 0.2) is 0 Å². The van der Waals surface area contributed by atoms with E-state index in [1.54, 1.807) is 0 Å². The molecule has 1 heterocycles. The van der Waals surface area contributed by atoms with Crippen molar-refractivity contribution in [3.05, 3.63) is 0 Å². The first kappa shape index (κ1) is 25.1. The highest BCUT2D eigenvalue weighted by molar-refractivity contribution is 5.91. The molecule has 13 heteroatoms. The Morgan fingerprint density at radius 1 is 1.17 bits per heavy atom. The third kappa shape index (κ3) is 6.82. The van der Waals surface area contributed by atoms with Gasteiger partial charge < -0.3 is 41.5 Å². The second kappa shape index (κ2) is 10.2. The van der Waals surface area contributed by atoms with Crippen molar-refractivity contribution < 1.29 is 48.3 Å². The highest BCUT2D eigenvalue weighted by Gasteiger charge is 2.49. The number of nitrogens with one attached hydrogen (secondary N) is 2. The zero-order valence-electron chi connectivity index (χ0n) is 15.9. The summed E-state index contributed by atoms with van der Waals surface area (Å²) in [6.07, 6.45) is -8.22. The molecule has 1 unspecified atom stereocenters. The van der Waals surface area contributed by atoms with E-state index in [0.717, 1.165) is 0 Å². The molecule has 2 amide bonds. The highest BCUT2D eigenvalue weighted by Crippen LogP contribution is 2.34. The summed E-state index contributed by atoms with van der Waals surface area (Å²) < 4.78 is 33.9. The van der Waals surface area contributed by atoms with Gasteiger partial charge in [0.25, 0.3) is 5.92 Å². The fourth-order valence-corrected chi connectivity index (χ4v) is 2.68. The lowest BCUT2D eigenvalue weighted by Crippen LogP contribution is -2.57. The molecule has 0 aromatic carbocycles. The van der Waals surface area contributed by atoms with Crippen molar-refractivity contribution in [2.75, 3.05) is 6.61 Å². The highest BCUT2D eigenvalue weighted by atomic mass is 19.3. The maximum absolute atomic E-state index is 14.5. The number of aliphatic hydroxyl groups excluding tert-OH is 3. The van der Waals surface area contributed by atoms with Crippen LogP contribution in [-0.4, -0.2) is 93.3 Å². The van der Waals surface area contributed by atoms with Gasteiger partial charge in [0.05, 0.1) is 18.8 Å². The van der Waals surface area contributed by atoms with Gasteiger partial charge in [-0.2, -0.15) is 0 Å². The van der Waals surface area contributed by atoms with Crippen LogP contribution >= 0.6 is 0 Å². The first-order valence-electron chi connectivity index (χ1n) is 8.89. The molecule has 0 radical (unpaired) electrons. The number of rotatable bonds is 9. The summed E-state index contributed by atoms with van der Waals surface area (Å²) in [6, 6.07) is -4.20. The van der Waals surface area contributed by atoms with Crippen LogP contribution in [0.5, 0.6) is 0 Å². The van der Waals surface area contributed by atoms with Gasteiger partial charge in [-0.15, -0.1) is 0 Å². The van der Waals surface area contributed by atoms with Crippen molar-refractivity contribution in [1.29, 1.82) is 0 Å². The zero-order chi connectivity index (χ0) is 22.5. The predicted molar refractivity (Wildman–Crippen MR) is 92.8 cm³/mol. The molecular formula is C16H27F2N3O8. The number of hydrogen-bond donors (Lipinski definition) is 7. The lowest BCUT2D eigenvalue weighted by molar-refractivity contribution is -0.240. The minimum atomic E-state index is -3.69. The number of carboxylic acids is 1. The van der Waals surface area contributed by atoms with Gasteiger partial charge in [-0.25, -0.2) is 8.78 Å². The molecule has 0 aromatic heterocycles. The first-order valence-corrected chi connectivity index (χ1v) is 8.89. The molecule has 0 saturated carbocycles. The Hall–Kier alpha value is -1.93. The van der Waals surface area contributed by atoms with Gasteiger partial charge in [0, 0.05) is 12.8 Å². The van der Waals surface area contributed by atoms with E-state index in [4.69, 9.17) is 20.7 Å². The fourth-order valence-electron chi connectivity index (χ4n) is 2.68. The summed E-state index contributed by atoms with van der Waals surface area (Å²) in [6.45, 7) is 1.63. The summed E-state index contributed by atoms with van der Waals surface area (Å²) in [5, 5.41) is 41.3. The molecule has 168 valence electrons. The maximum Gasteiger partial charge on any atom is 0.325 e. The smallest absolute Gasteiger partial charge is 0.325 e. The average Bonchev–Trinajstić information content (AvgIpc) is 2.62. The number of aliphatic carboxylic acids is 1. The van der Waals surface area contributed by atoms with Gasteiger partial charge in [0.2, 0.25) is 11.8 Å². The number of carboxylic acid groups (broad SMARTS) is 1. The third-order valence-corrected chi connectivity index (χ3v) is 4.53. The lowest BCUT2D eigenvalue weighted by Gasteiger charge is -2.40. The molecule has 1 fully saturated rings. The van der Waals surface area contributed by atoms with Crippen molar-refractivity contribution in [2.24, 2.45) is 5.73 Å². The number of halogens is 2. The Kier molecular flexibility index (Phi) is 8.84. The molecular weight excluding hydrogens is 400 g/mol. The van der Waals surface area contributed by atoms with Gasteiger partial charge in [0.1, 0.15) is 30.4 Å². The SMILES string of the molecule is C[C@H](NC(=O)[C@H](C)NC(=O)C(N)CC(F)(F)[C@@H]1C[C@@H](O)[C@@H](O)[C@@H](CO)O1)C(=O)O. The Bertz CT molecular complexity index is 609. The van der Waals surface area contributed by atoms with Crippen LogP contribution in [0, 0.1) is 0 Å². The van der Waals surface area contributed by atoms with Crippen LogP contribution in [0.1, 0.15) is 26.7 Å². The van der Waals surface area contributed by atoms with E-state index in [2.05, 4.69) is 10.6 Å². The Balaban J connectivity index is 2.66. The number of ether oxygens (including phenoxy) is 1. The molecule has 1 aliphatic heterocycles. The molecule has 1 rings (SSSR count). The van der Waals surface area contributed by atoms with Crippen molar-refractivity contribution in [1.82, 2.24) is 10.6 Å². The number of amides is 2. The monoisotopic (exact) mass is 427 g/mol. The number of alkyl halides is 2. The van der Waals surface area contributed by atoms with E-state index in [0.29, 0.717) is 0 Å². The van der Waals surface area contributed by atoms with E-state index in [1.165, 1.54) is 13.8 Å². The second-order valence-electron chi connectivity index (χ2n) is 7.01. The summed E-state index contributed by atoms with van der Waals surface area (Å²) in [5.41, 5.74) is 5.50. The van der Waals surface area contributed by atoms with Gasteiger partial charge in [-0.3, -0.25) is 14.4 Å². The molecule has 1 saturated heterocycles. The topological polar surface area (TPSA) is 191 Å². The molecule has 29 heavy (non-hydrogen) atoms. The summed E-state index contributed by atoms with van der Waals surface area (Å²) in [5.74, 6) is -6.90. The molecule has 0 aliphatic carbocycles. The Labute approximate surface area is 165 Å². The van der Waals surface area contributed by atoms with Gasteiger partial charge >= 0.3 is 5.97 Å². The normalized spacial score (nSPS) is 28.1. The van der Waals surface area contributed by atoms with Crippen LogP contribution in [0.3, 0.4) is 0 Å². The van der Waals surface area contributed by atoms with E-state index in [-0.39, 0.29) is 0 Å². The Morgan fingerprint density at radius 2 is 1.72 bits per heavy atom. The first-order chi connectivity index (χ1) is 13.3. The molecule has 0 spiro atoms. The summed E-state index contributed by atoms with van der Waals surface area (Å²) in [7, 11) is 0. The van der Waals surface area contributed by atoms with Crippen molar-refractivity contribution in [2.45, 2.75) is 75.2 Å². The van der Waals surface area contributed by atoms with Crippen LogP contribution in [0.4, 0.5) is 8.78 Å². The molecule has 8 N–H and O–H groups in total. The van der Waals surface area contributed by atoms with E-state index >= 15 is 0 Å². The third-order valence-electron chi connectivity index (χ3n) is 4.53. The van der Waals surface area contributed by atoms with Gasteiger partial charge in [-0.1, -0.05) is 0 Å². The maximum atomic E-state index is 14.5. The van der Waals surface area contributed by atoms with Gasteiger partial charge in [-0.05, 0) is 13.8 Å². The number of carbonyl (C=O) groups is 3. The molecule has 7 atom stereocenters. The van der Waals surface area contributed by atoms with Crippen LogP contribution in [0.25, 0.3) is 0 Å². The van der Waals surface area contributed by atoms with Crippen LogP contribution < -0.4 is 16.4 Å². The average molecular weight is 427 g/mol. The number of aliphatic hydroxyl groups is 3. The molecule has 11 nitrogen and oxygen atoms in total. The van der Waals surface area contributed by atoms with Crippen molar-refractivity contribution in [3.63, 3.8) is 0 Å². The molecule has 1 aliphatic rings. The quantitative estimate of drug-likeness (QED) is 0.205. The van der Waals surface area contributed by atoms with Crippen molar-refractivity contribution in [3.8, 4) is 0 Å². The van der Waals surface area contributed by atoms with Crippen LogP contribution in [0.15, 0.2) is 0 Å². The molecule has 0 aromatic rings. The minimum Gasteiger partial charge on any atom is -0.480 e. The van der Waals surface area contributed by atoms with Crippen LogP contribution in [0.2, 0.25) is 0 Å². The minimum absolute atomic E-state index is 0.634. The standard InChI is InChI=1S/C16H27F2N3O8/c1-6(13(25)21-7(2)15(27)28)20-14(26)8(19)4-16(17,18)11-3-9(23)12(24)10(5-22)29-11/h6-12,22-24H,3-5,19H2,1-2H3,(H,20,26)(H,21,25)(H,27,28)/t6-,7-,8?,9+,10+,11-,12+/m0/s1. The van der Waals surface area contributed by atoms with Crippen LogP contribution in [-0.2, 0) is 19.1 Å². The Morgan fingerprint density at radius 3 is 2.24 bits per heavy atom. The largest absolute Gasteiger partial charge is 0.480 e. The zero-order valence-corrected chi connectivity index (χ0v) is 15.9. The molecule has 0 bridgehead atoms. The number of nitrogens with two attached hydrogens (primary N) is 1. The van der Waals surface area contributed by atoms with E-state index in [9.17, 15) is 33.4 Å². The summed E-state index contributed by atoms with van der Waals surface area (Å²) >= 11 is 0. The van der Waals surface area contributed by atoms with E-state index < -0.39 is 85.7 Å². The summed E-state index contributed by atoms with van der Waals surface area (Å²) in [4.78, 5) is 34.6. The van der Waals surface area contributed by atoms with Crippen molar-refractivity contribution >= 4 is 17.8 Å². The van der Waals surface area contributed by atoms with E-state index in [1.807, 2.05) is 0 Å². The second-order valence-corrected chi connectivity index (χ2v) is 7.01. The number of hydrogen-bond acceptors (Lipinski definition) is 8. The lowest BCUT2D eigenvalue weighted by atomic mass is 9.92. The fraction of sp³-hybridized carbons (Fsp3) is 0.812. The number of carbonyl (C=O) groups excluding carboxylic acids is 2.